The number of carbonyl (C=O) groups excluding carboxylic acids is 2. The van der Waals surface area contributed by atoms with Crippen LogP contribution in [-0.4, -0.2) is 36.5 Å². The Balaban J connectivity index is 1.63. The number of nitriles is 1. The molecule has 3 aromatic carbocycles. The van der Waals surface area contributed by atoms with E-state index < -0.39 is 12.0 Å². The average Bonchev–Trinajstić information content (AvgIpc) is 2.89. The minimum atomic E-state index is -0.642. The minimum absolute atomic E-state index is 0.0800. The lowest BCUT2D eigenvalue weighted by Gasteiger charge is -2.45. The lowest BCUT2D eigenvalue weighted by Crippen LogP contribution is -2.49. The van der Waals surface area contributed by atoms with Crippen LogP contribution < -0.4 is 14.8 Å². The first-order valence-corrected chi connectivity index (χ1v) is 12.2. The van der Waals surface area contributed by atoms with E-state index in [9.17, 15) is 14.9 Å². The van der Waals surface area contributed by atoms with Gasteiger partial charge in [-0.15, -0.1) is 0 Å². The van der Waals surface area contributed by atoms with Crippen LogP contribution in [0.1, 0.15) is 58.4 Å². The molecule has 0 aromatic heterocycles. The summed E-state index contributed by atoms with van der Waals surface area (Å²) in [7, 11) is 0. The SMILES string of the molecule is CCOc1cc2c(cc1OCC)[C@H]1[C@@H](C(=O)Nc3cccc(C#N)c3)c3ccccc3C(=O)N1CC2. The van der Waals surface area contributed by atoms with Crippen molar-refractivity contribution < 1.29 is 19.1 Å². The number of anilines is 1. The minimum Gasteiger partial charge on any atom is -0.490 e. The van der Waals surface area contributed by atoms with E-state index in [0.717, 1.165) is 11.1 Å². The zero-order chi connectivity index (χ0) is 25.2. The molecule has 7 nitrogen and oxygen atoms in total. The molecule has 0 saturated carbocycles. The largest absolute Gasteiger partial charge is 0.490 e. The summed E-state index contributed by atoms with van der Waals surface area (Å²) in [5.41, 5.74) is 4.16. The molecule has 2 aliphatic heterocycles. The predicted molar refractivity (Wildman–Crippen MR) is 135 cm³/mol. The first-order valence-electron chi connectivity index (χ1n) is 12.2. The van der Waals surface area contributed by atoms with Gasteiger partial charge in [-0.05, 0) is 73.4 Å². The van der Waals surface area contributed by atoms with Gasteiger partial charge in [0.05, 0.1) is 36.8 Å². The van der Waals surface area contributed by atoms with E-state index in [1.165, 1.54) is 0 Å². The van der Waals surface area contributed by atoms with E-state index in [1.54, 1.807) is 35.2 Å². The Hall–Kier alpha value is -4.31. The molecule has 0 aliphatic carbocycles. The molecule has 0 spiro atoms. The van der Waals surface area contributed by atoms with Crippen LogP contribution in [0.5, 0.6) is 11.5 Å². The fourth-order valence-corrected chi connectivity index (χ4v) is 5.24. The Labute approximate surface area is 210 Å². The second-order valence-corrected chi connectivity index (χ2v) is 8.80. The van der Waals surface area contributed by atoms with Crippen molar-refractivity contribution in [2.24, 2.45) is 0 Å². The van der Waals surface area contributed by atoms with Crippen LogP contribution in [0.4, 0.5) is 5.69 Å². The third-order valence-electron chi connectivity index (χ3n) is 6.73. The van der Waals surface area contributed by atoms with Gasteiger partial charge in [-0.3, -0.25) is 9.59 Å². The van der Waals surface area contributed by atoms with Gasteiger partial charge in [0.15, 0.2) is 11.5 Å². The van der Waals surface area contributed by atoms with Crippen molar-refractivity contribution in [2.75, 3.05) is 25.1 Å². The van der Waals surface area contributed by atoms with Gasteiger partial charge in [0.1, 0.15) is 0 Å². The zero-order valence-corrected chi connectivity index (χ0v) is 20.3. The topological polar surface area (TPSA) is 91.7 Å². The van der Waals surface area contributed by atoms with Crippen LogP contribution in [0.15, 0.2) is 60.7 Å². The van der Waals surface area contributed by atoms with Gasteiger partial charge in [0, 0.05) is 17.8 Å². The first-order chi connectivity index (χ1) is 17.5. The van der Waals surface area contributed by atoms with Gasteiger partial charge in [-0.25, -0.2) is 0 Å². The smallest absolute Gasteiger partial charge is 0.254 e. The molecule has 7 heteroatoms. The molecule has 1 N–H and O–H groups in total. The summed E-state index contributed by atoms with van der Waals surface area (Å²) in [5.74, 6) is 0.315. The molecule has 2 heterocycles. The number of fused-ring (bicyclic) bond motifs is 4. The van der Waals surface area contributed by atoms with E-state index in [2.05, 4.69) is 11.4 Å². The van der Waals surface area contributed by atoms with Crippen LogP contribution in [0, 0.1) is 11.3 Å². The predicted octanol–water partition coefficient (Wildman–Crippen LogP) is 4.83. The summed E-state index contributed by atoms with van der Waals surface area (Å²) in [6, 6.07) is 19.7. The van der Waals surface area contributed by atoms with Crippen LogP contribution in [0.3, 0.4) is 0 Å². The molecule has 5 rings (SSSR count). The Bertz CT molecular complexity index is 1380. The molecule has 2 atom stereocenters. The molecule has 3 aromatic rings. The monoisotopic (exact) mass is 481 g/mol. The second kappa shape index (κ2) is 9.74. The van der Waals surface area contributed by atoms with Crippen molar-refractivity contribution in [3.8, 4) is 17.6 Å². The molecule has 0 fully saturated rings. The van der Waals surface area contributed by atoms with E-state index in [4.69, 9.17) is 9.47 Å². The summed E-state index contributed by atoms with van der Waals surface area (Å²) in [6.45, 7) is 5.31. The van der Waals surface area contributed by atoms with Crippen LogP contribution in [0.2, 0.25) is 0 Å². The van der Waals surface area contributed by atoms with E-state index in [1.807, 2.05) is 44.2 Å². The number of rotatable bonds is 6. The number of nitrogens with one attached hydrogen (secondary N) is 1. The lowest BCUT2D eigenvalue weighted by molar-refractivity contribution is -0.119. The second-order valence-electron chi connectivity index (χ2n) is 8.80. The van der Waals surface area contributed by atoms with Crippen molar-refractivity contribution >= 4 is 17.5 Å². The zero-order valence-electron chi connectivity index (χ0n) is 20.3. The summed E-state index contributed by atoms with van der Waals surface area (Å²) in [5, 5.41) is 12.3. The van der Waals surface area contributed by atoms with Gasteiger partial charge < -0.3 is 19.7 Å². The Kier molecular flexibility index (Phi) is 6.34. The van der Waals surface area contributed by atoms with Crippen molar-refractivity contribution in [1.82, 2.24) is 4.90 Å². The normalized spacial score (nSPS) is 17.8. The van der Waals surface area contributed by atoms with Gasteiger partial charge in [0.25, 0.3) is 5.91 Å². The Morgan fingerprint density at radius 1 is 1.03 bits per heavy atom. The molecular formula is C29H27N3O4. The molecule has 0 bridgehead atoms. The average molecular weight is 482 g/mol. The number of hydrogen-bond acceptors (Lipinski definition) is 5. The molecule has 36 heavy (non-hydrogen) atoms. The van der Waals surface area contributed by atoms with E-state index >= 15 is 0 Å². The van der Waals surface area contributed by atoms with Crippen molar-refractivity contribution in [3.05, 3.63) is 88.5 Å². The number of carbonyl (C=O) groups is 2. The molecule has 2 aliphatic rings. The number of ether oxygens (including phenoxy) is 2. The highest BCUT2D eigenvalue weighted by molar-refractivity contribution is 6.04. The van der Waals surface area contributed by atoms with Crippen molar-refractivity contribution in [1.29, 1.82) is 5.26 Å². The fraction of sp³-hybridized carbons (Fsp3) is 0.276. The standard InChI is InChI=1S/C29H27N3O4/c1-3-35-24-15-19-12-13-32-27(23(19)16-25(24)36-4-2)26(21-10-5-6-11-22(21)29(32)34)28(33)31-20-9-7-8-18(14-20)17-30/h5-11,14-16,26-27H,3-4,12-13H2,1-2H3,(H,31,33)/t26-,27-/m0/s1. The van der Waals surface area contributed by atoms with E-state index in [-0.39, 0.29) is 11.8 Å². The molecular weight excluding hydrogens is 454 g/mol. The number of hydrogen-bond donors (Lipinski definition) is 1. The maximum atomic E-state index is 13.9. The molecule has 0 saturated heterocycles. The van der Waals surface area contributed by atoms with E-state index in [0.29, 0.717) is 60.1 Å². The third-order valence-corrected chi connectivity index (χ3v) is 6.73. The highest BCUT2D eigenvalue weighted by atomic mass is 16.5. The summed E-state index contributed by atoms with van der Waals surface area (Å²) >= 11 is 0. The fourth-order valence-electron chi connectivity index (χ4n) is 5.24. The molecule has 2 amide bonds. The van der Waals surface area contributed by atoms with Crippen molar-refractivity contribution in [3.63, 3.8) is 0 Å². The van der Waals surface area contributed by atoms with Gasteiger partial charge in [0.2, 0.25) is 5.91 Å². The van der Waals surface area contributed by atoms with Gasteiger partial charge in [-0.1, -0.05) is 24.3 Å². The summed E-state index contributed by atoms with van der Waals surface area (Å²) in [6.07, 6.45) is 0.658. The maximum Gasteiger partial charge on any atom is 0.254 e. The van der Waals surface area contributed by atoms with Crippen molar-refractivity contribution in [2.45, 2.75) is 32.2 Å². The Morgan fingerprint density at radius 2 is 1.78 bits per heavy atom. The first kappa shape index (κ1) is 23.4. The highest BCUT2D eigenvalue weighted by Crippen LogP contribution is 2.48. The number of benzene rings is 3. The summed E-state index contributed by atoms with van der Waals surface area (Å²) in [4.78, 5) is 29.2. The van der Waals surface area contributed by atoms with Crippen LogP contribution in [0.25, 0.3) is 0 Å². The molecule has 0 unspecified atom stereocenters. The number of nitrogens with zero attached hydrogens (tertiary/aromatic N) is 2. The summed E-state index contributed by atoms with van der Waals surface area (Å²) < 4.78 is 11.7. The molecule has 182 valence electrons. The molecule has 0 radical (unpaired) electrons. The lowest BCUT2D eigenvalue weighted by atomic mass is 9.75. The quantitative estimate of drug-likeness (QED) is 0.544. The van der Waals surface area contributed by atoms with Gasteiger partial charge in [-0.2, -0.15) is 5.26 Å². The third kappa shape index (κ3) is 4.05. The number of amides is 2. The van der Waals surface area contributed by atoms with Crippen LogP contribution >= 0.6 is 0 Å². The highest BCUT2D eigenvalue weighted by Gasteiger charge is 2.46. The maximum absolute atomic E-state index is 13.9. The Morgan fingerprint density at radius 3 is 2.53 bits per heavy atom. The van der Waals surface area contributed by atoms with Gasteiger partial charge >= 0.3 is 0 Å². The van der Waals surface area contributed by atoms with Crippen LogP contribution in [-0.2, 0) is 11.2 Å².